The van der Waals surface area contributed by atoms with Crippen LogP contribution in [0.2, 0.25) is 0 Å². The number of hydrogen-bond acceptors (Lipinski definition) is 3. The molecule has 0 aliphatic rings. The van der Waals surface area contributed by atoms with E-state index in [1.165, 1.54) is 12.1 Å². The first-order chi connectivity index (χ1) is 8.45. The zero-order valence-electron chi connectivity index (χ0n) is 10.00. The summed E-state index contributed by atoms with van der Waals surface area (Å²) in [6.07, 6.45) is -5.36. The van der Waals surface area contributed by atoms with Gasteiger partial charge >= 0.3 is 6.18 Å². The average Bonchev–Trinajstić information content (AvgIpc) is 2.33. The van der Waals surface area contributed by atoms with E-state index in [0.29, 0.717) is 13.2 Å². The number of ether oxygens (including phenoxy) is 1. The van der Waals surface area contributed by atoms with Crippen LogP contribution in [0.1, 0.15) is 17.2 Å². The summed E-state index contributed by atoms with van der Waals surface area (Å²) in [5.41, 5.74) is -0.509. The predicted octanol–water partition coefficient (Wildman–Crippen LogP) is 1.97. The molecule has 18 heavy (non-hydrogen) atoms. The van der Waals surface area contributed by atoms with Crippen molar-refractivity contribution in [2.24, 2.45) is 0 Å². The van der Waals surface area contributed by atoms with Crippen molar-refractivity contribution in [3.05, 3.63) is 35.4 Å². The minimum Gasteiger partial charge on any atom is -0.387 e. The van der Waals surface area contributed by atoms with Crippen molar-refractivity contribution >= 4 is 0 Å². The van der Waals surface area contributed by atoms with Gasteiger partial charge in [0.1, 0.15) is 0 Å². The van der Waals surface area contributed by atoms with Crippen LogP contribution in [0.15, 0.2) is 24.3 Å². The van der Waals surface area contributed by atoms with Crippen LogP contribution in [0, 0.1) is 0 Å². The monoisotopic (exact) mass is 263 g/mol. The highest BCUT2D eigenvalue weighted by Crippen LogP contribution is 2.30. The molecule has 0 aromatic heterocycles. The molecular weight excluding hydrogens is 247 g/mol. The van der Waals surface area contributed by atoms with E-state index >= 15 is 0 Å². The van der Waals surface area contributed by atoms with Crippen molar-refractivity contribution in [3.63, 3.8) is 0 Å². The second-order valence-electron chi connectivity index (χ2n) is 3.84. The molecule has 6 heteroatoms. The number of aliphatic hydroxyl groups is 1. The summed E-state index contributed by atoms with van der Waals surface area (Å²) in [6.45, 7) is 1.20. The molecule has 0 saturated carbocycles. The smallest absolute Gasteiger partial charge is 0.387 e. The van der Waals surface area contributed by atoms with Crippen molar-refractivity contribution in [2.45, 2.75) is 12.3 Å². The molecule has 2 N–H and O–H groups in total. The Balaban J connectivity index is 2.60. The van der Waals surface area contributed by atoms with Crippen LogP contribution in [-0.2, 0) is 10.9 Å². The first-order valence-electron chi connectivity index (χ1n) is 5.50. The Labute approximate surface area is 104 Å². The fourth-order valence-corrected chi connectivity index (χ4v) is 1.45. The lowest BCUT2D eigenvalue weighted by Crippen LogP contribution is -2.25. The largest absolute Gasteiger partial charge is 0.416 e. The van der Waals surface area contributed by atoms with Gasteiger partial charge in [-0.15, -0.1) is 0 Å². The average molecular weight is 263 g/mol. The first-order valence-corrected chi connectivity index (χ1v) is 5.50. The van der Waals surface area contributed by atoms with Crippen molar-refractivity contribution in [2.75, 3.05) is 26.8 Å². The van der Waals surface area contributed by atoms with Gasteiger partial charge in [-0.3, -0.25) is 0 Å². The number of alkyl halides is 3. The number of rotatable bonds is 6. The molecule has 3 nitrogen and oxygen atoms in total. The van der Waals surface area contributed by atoms with Gasteiger partial charge in [0.25, 0.3) is 0 Å². The van der Waals surface area contributed by atoms with Gasteiger partial charge in [0.05, 0.1) is 18.3 Å². The van der Waals surface area contributed by atoms with Crippen molar-refractivity contribution in [1.82, 2.24) is 5.32 Å². The Hall–Kier alpha value is -1.11. The molecule has 0 saturated heterocycles. The summed E-state index contributed by atoms with van der Waals surface area (Å²) in [5, 5.41) is 12.6. The van der Waals surface area contributed by atoms with E-state index in [9.17, 15) is 18.3 Å². The lowest BCUT2D eigenvalue weighted by Gasteiger charge is -2.14. The highest BCUT2D eigenvalue weighted by atomic mass is 19.4. The number of halogens is 3. The third-order valence-corrected chi connectivity index (χ3v) is 2.42. The normalized spacial score (nSPS) is 13.6. The van der Waals surface area contributed by atoms with Crippen LogP contribution in [0.5, 0.6) is 0 Å². The number of hydrogen-bond donors (Lipinski definition) is 2. The minimum absolute atomic E-state index is 0.185. The van der Waals surface area contributed by atoms with Gasteiger partial charge in [-0.25, -0.2) is 0 Å². The van der Waals surface area contributed by atoms with E-state index in [4.69, 9.17) is 4.74 Å². The van der Waals surface area contributed by atoms with Gasteiger partial charge in [-0.2, -0.15) is 13.2 Å². The number of benzene rings is 1. The van der Waals surface area contributed by atoms with Crippen LogP contribution in [0.3, 0.4) is 0 Å². The van der Waals surface area contributed by atoms with Crippen LogP contribution < -0.4 is 5.32 Å². The first kappa shape index (κ1) is 14.9. The Bertz CT molecular complexity index is 369. The number of aliphatic hydroxyl groups excluding tert-OH is 1. The van der Waals surface area contributed by atoms with E-state index in [2.05, 4.69) is 5.32 Å². The van der Waals surface area contributed by atoms with Gasteiger partial charge in [0.15, 0.2) is 0 Å². The Morgan fingerprint density at radius 2 is 2.11 bits per heavy atom. The van der Waals surface area contributed by atoms with Crippen LogP contribution >= 0.6 is 0 Å². The van der Waals surface area contributed by atoms with Crippen LogP contribution in [0.25, 0.3) is 0 Å². The second-order valence-corrected chi connectivity index (χ2v) is 3.84. The van der Waals surface area contributed by atoms with E-state index < -0.39 is 17.8 Å². The second kappa shape index (κ2) is 6.72. The molecule has 1 atom stereocenters. The maximum absolute atomic E-state index is 12.5. The Morgan fingerprint density at radius 1 is 1.39 bits per heavy atom. The zero-order valence-corrected chi connectivity index (χ0v) is 10.00. The van der Waals surface area contributed by atoms with E-state index in [1.807, 2.05) is 0 Å². The standard InChI is InChI=1S/C12H16F3NO2/c1-18-6-5-16-8-11(17)9-3-2-4-10(7-9)12(13,14)15/h2-4,7,11,16-17H,5-6,8H2,1H3. The quantitative estimate of drug-likeness (QED) is 0.771. The molecule has 1 aromatic rings. The van der Waals surface area contributed by atoms with Crippen LogP contribution in [-0.4, -0.2) is 31.9 Å². The highest BCUT2D eigenvalue weighted by molar-refractivity contribution is 5.27. The SMILES string of the molecule is COCCNCC(O)c1cccc(C(F)(F)F)c1. The summed E-state index contributed by atoms with van der Waals surface area (Å²) in [4.78, 5) is 0. The molecule has 0 aliphatic carbocycles. The Kier molecular flexibility index (Phi) is 5.58. The lowest BCUT2D eigenvalue weighted by atomic mass is 10.1. The molecule has 0 bridgehead atoms. The molecule has 1 unspecified atom stereocenters. The van der Waals surface area contributed by atoms with Gasteiger partial charge in [-0.05, 0) is 17.7 Å². The minimum atomic E-state index is -4.39. The molecule has 0 fully saturated rings. The third-order valence-electron chi connectivity index (χ3n) is 2.42. The summed E-state index contributed by atoms with van der Waals surface area (Å²) in [5.74, 6) is 0. The maximum Gasteiger partial charge on any atom is 0.416 e. The molecule has 102 valence electrons. The van der Waals surface area contributed by atoms with Crippen molar-refractivity contribution in [1.29, 1.82) is 0 Å². The van der Waals surface area contributed by atoms with Gasteiger partial charge in [-0.1, -0.05) is 12.1 Å². The van der Waals surface area contributed by atoms with Crippen LogP contribution in [0.4, 0.5) is 13.2 Å². The van der Waals surface area contributed by atoms with Gasteiger partial charge < -0.3 is 15.2 Å². The summed E-state index contributed by atoms with van der Waals surface area (Å²) in [7, 11) is 1.55. The molecule has 1 aromatic carbocycles. The fourth-order valence-electron chi connectivity index (χ4n) is 1.45. The third kappa shape index (κ3) is 4.64. The van der Waals surface area contributed by atoms with Gasteiger partial charge in [0.2, 0.25) is 0 Å². The number of methoxy groups -OCH3 is 1. The topological polar surface area (TPSA) is 41.5 Å². The number of nitrogens with one attached hydrogen (secondary N) is 1. The summed E-state index contributed by atoms with van der Waals surface area (Å²) >= 11 is 0. The molecule has 0 aliphatic heterocycles. The summed E-state index contributed by atoms with van der Waals surface area (Å²) < 4.78 is 42.2. The highest BCUT2D eigenvalue weighted by Gasteiger charge is 2.30. The molecule has 0 spiro atoms. The maximum atomic E-state index is 12.5. The van der Waals surface area contributed by atoms with E-state index in [-0.39, 0.29) is 12.1 Å². The fraction of sp³-hybridized carbons (Fsp3) is 0.500. The van der Waals surface area contributed by atoms with Crippen molar-refractivity contribution < 1.29 is 23.0 Å². The lowest BCUT2D eigenvalue weighted by molar-refractivity contribution is -0.137. The molecule has 0 radical (unpaired) electrons. The molecule has 0 amide bonds. The molecule has 1 rings (SSSR count). The predicted molar refractivity (Wildman–Crippen MR) is 61.1 cm³/mol. The molecular formula is C12H16F3NO2. The van der Waals surface area contributed by atoms with Gasteiger partial charge in [0, 0.05) is 20.2 Å². The Morgan fingerprint density at radius 3 is 2.72 bits per heavy atom. The van der Waals surface area contributed by atoms with Crippen molar-refractivity contribution in [3.8, 4) is 0 Å². The zero-order chi connectivity index (χ0) is 13.6. The van der Waals surface area contributed by atoms with E-state index in [1.54, 1.807) is 7.11 Å². The van der Waals surface area contributed by atoms with E-state index in [0.717, 1.165) is 12.1 Å². The molecule has 0 heterocycles. The summed E-state index contributed by atoms with van der Waals surface area (Å²) in [6, 6.07) is 4.70.